The molecule has 18 heavy (non-hydrogen) atoms. The summed E-state index contributed by atoms with van der Waals surface area (Å²) in [5.41, 5.74) is 0.229. The van der Waals surface area contributed by atoms with E-state index in [1.807, 2.05) is 0 Å². The number of hydrogen-bond donors (Lipinski definition) is 1. The third kappa shape index (κ3) is 3.06. The largest absolute Gasteiger partial charge is 0.460 e. The molecule has 1 aromatic rings. The Balaban J connectivity index is 2.13. The van der Waals surface area contributed by atoms with Crippen molar-refractivity contribution in [2.24, 2.45) is 0 Å². The number of epoxide rings is 1. The topological polar surface area (TPSA) is 85.4 Å². The number of aliphatic hydroxyl groups is 1. The highest BCUT2D eigenvalue weighted by Crippen LogP contribution is 2.17. The average Bonchev–Trinajstić information content (AvgIpc) is 3.19. The predicted octanol–water partition coefficient (Wildman–Crippen LogP) is 0.349. The molecule has 0 radical (unpaired) electrons. The van der Waals surface area contributed by atoms with Crippen LogP contribution in [-0.2, 0) is 14.2 Å². The smallest absolute Gasteiger partial charge is 0.341 e. The second-order valence-electron chi connectivity index (χ2n) is 3.57. The van der Waals surface area contributed by atoms with Crippen LogP contribution >= 0.6 is 0 Å². The van der Waals surface area contributed by atoms with Crippen LogP contribution < -0.4 is 0 Å². The number of ether oxygens (including phenoxy) is 3. The lowest BCUT2D eigenvalue weighted by Gasteiger charge is -2.07. The third-order valence-electron chi connectivity index (χ3n) is 2.23. The molecule has 0 aliphatic carbocycles. The quantitative estimate of drug-likeness (QED) is 0.601. The van der Waals surface area contributed by atoms with Gasteiger partial charge in [0.1, 0.15) is 13.2 Å². The molecule has 1 aliphatic rings. The van der Waals surface area contributed by atoms with Crippen molar-refractivity contribution in [3.63, 3.8) is 0 Å². The van der Waals surface area contributed by atoms with Crippen LogP contribution in [0.2, 0.25) is 0 Å². The number of hydrogen-bond acceptors (Lipinski definition) is 6. The molecule has 1 heterocycles. The summed E-state index contributed by atoms with van der Waals surface area (Å²) < 4.78 is 14.5. The Labute approximate surface area is 103 Å². The third-order valence-corrected chi connectivity index (χ3v) is 2.23. The normalized spacial score (nSPS) is 17.1. The maximum Gasteiger partial charge on any atom is 0.341 e. The SMILES string of the molecule is O=C(OCCO)c1ccccc1C(=O)OC1CO1. The molecule has 1 unspecified atom stereocenters. The van der Waals surface area contributed by atoms with Crippen LogP contribution in [0.3, 0.4) is 0 Å². The molecule has 0 saturated carbocycles. The van der Waals surface area contributed by atoms with Gasteiger partial charge >= 0.3 is 11.9 Å². The maximum absolute atomic E-state index is 11.7. The van der Waals surface area contributed by atoms with Gasteiger partial charge in [-0.1, -0.05) is 12.1 Å². The van der Waals surface area contributed by atoms with Crippen LogP contribution in [0.4, 0.5) is 0 Å². The Bertz CT molecular complexity index is 452. The minimum absolute atomic E-state index is 0.108. The summed E-state index contributed by atoms with van der Waals surface area (Å²) >= 11 is 0. The number of carbonyl (C=O) groups is 2. The number of esters is 2. The second-order valence-corrected chi connectivity index (χ2v) is 3.57. The molecule has 6 heteroatoms. The highest BCUT2D eigenvalue weighted by molar-refractivity contribution is 6.03. The van der Waals surface area contributed by atoms with Crippen molar-refractivity contribution in [1.82, 2.24) is 0 Å². The molecule has 2 rings (SSSR count). The first-order chi connectivity index (χ1) is 8.72. The Hall–Kier alpha value is -1.92. The van der Waals surface area contributed by atoms with Crippen molar-refractivity contribution in [1.29, 1.82) is 0 Å². The standard InChI is InChI=1S/C12H12O6/c13-5-6-16-11(14)8-3-1-2-4-9(8)12(15)18-10-7-17-10/h1-4,10,13H,5-7H2. The summed E-state index contributed by atoms with van der Waals surface area (Å²) in [6, 6.07) is 6.16. The first-order valence-electron chi connectivity index (χ1n) is 5.42. The van der Waals surface area contributed by atoms with E-state index in [-0.39, 0.29) is 24.3 Å². The van der Waals surface area contributed by atoms with Gasteiger partial charge in [0.15, 0.2) is 0 Å². The lowest BCUT2D eigenvalue weighted by molar-refractivity contribution is 0.0283. The zero-order chi connectivity index (χ0) is 13.0. The fourth-order valence-electron chi connectivity index (χ4n) is 1.35. The van der Waals surface area contributed by atoms with Gasteiger partial charge in [-0.2, -0.15) is 0 Å². The van der Waals surface area contributed by atoms with Gasteiger partial charge < -0.3 is 19.3 Å². The minimum Gasteiger partial charge on any atom is -0.460 e. The van der Waals surface area contributed by atoms with E-state index in [1.54, 1.807) is 12.1 Å². The van der Waals surface area contributed by atoms with E-state index in [4.69, 9.17) is 19.3 Å². The van der Waals surface area contributed by atoms with Gasteiger partial charge in [-0.25, -0.2) is 9.59 Å². The molecule has 96 valence electrons. The Morgan fingerprint density at radius 2 is 1.89 bits per heavy atom. The summed E-state index contributed by atoms with van der Waals surface area (Å²) in [7, 11) is 0. The molecule has 0 spiro atoms. The van der Waals surface area contributed by atoms with Gasteiger partial charge in [-0.15, -0.1) is 0 Å². The summed E-state index contributed by atoms with van der Waals surface area (Å²) in [6.45, 7) is -0.00884. The van der Waals surface area contributed by atoms with Gasteiger partial charge in [0.05, 0.1) is 17.7 Å². The number of benzene rings is 1. The minimum atomic E-state index is -0.673. The molecule has 0 amide bonds. The van der Waals surface area contributed by atoms with Crippen LogP contribution in [-0.4, -0.2) is 43.2 Å². The molecular formula is C12H12O6. The highest BCUT2D eigenvalue weighted by atomic mass is 16.8. The summed E-state index contributed by atoms with van der Waals surface area (Å²) in [4.78, 5) is 23.4. The molecule has 1 fully saturated rings. The second kappa shape index (κ2) is 5.61. The fraction of sp³-hybridized carbons (Fsp3) is 0.333. The van der Waals surface area contributed by atoms with Crippen LogP contribution in [0.1, 0.15) is 20.7 Å². The molecule has 0 bridgehead atoms. The van der Waals surface area contributed by atoms with E-state index in [2.05, 4.69) is 0 Å². The first kappa shape index (κ1) is 12.5. The highest BCUT2D eigenvalue weighted by Gasteiger charge is 2.29. The monoisotopic (exact) mass is 252 g/mol. The van der Waals surface area contributed by atoms with Crippen molar-refractivity contribution >= 4 is 11.9 Å². The van der Waals surface area contributed by atoms with E-state index < -0.39 is 18.2 Å². The zero-order valence-electron chi connectivity index (χ0n) is 9.50. The fourth-order valence-corrected chi connectivity index (χ4v) is 1.35. The molecule has 1 aromatic carbocycles. The van der Waals surface area contributed by atoms with Crippen molar-refractivity contribution in [3.05, 3.63) is 35.4 Å². The van der Waals surface area contributed by atoms with Gasteiger partial charge in [-0.3, -0.25) is 0 Å². The molecule has 1 saturated heterocycles. The van der Waals surface area contributed by atoms with Crippen molar-refractivity contribution in [3.8, 4) is 0 Å². The Morgan fingerprint density at radius 1 is 1.28 bits per heavy atom. The van der Waals surface area contributed by atoms with Gasteiger partial charge in [-0.05, 0) is 12.1 Å². The molecule has 6 nitrogen and oxygen atoms in total. The van der Waals surface area contributed by atoms with Gasteiger partial charge in [0.2, 0.25) is 6.29 Å². The average molecular weight is 252 g/mol. The van der Waals surface area contributed by atoms with E-state index in [0.29, 0.717) is 6.61 Å². The van der Waals surface area contributed by atoms with Crippen LogP contribution in [0.15, 0.2) is 24.3 Å². The molecular weight excluding hydrogens is 240 g/mol. The lowest BCUT2D eigenvalue weighted by Crippen LogP contribution is -2.16. The number of aliphatic hydroxyl groups excluding tert-OH is 1. The van der Waals surface area contributed by atoms with Crippen molar-refractivity contribution < 1.29 is 28.9 Å². The zero-order valence-corrected chi connectivity index (χ0v) is 9.50. The Kier molecular flexibility index (Phi) is 3.91. The number of rotatable bonds is 5. The maximum atomic E-state index is 11.7. The summed E-state index contributed by atoms with van der Waals surface area (Å²) in [5.74, 6) is -1.30. The number of carbonyl (C=O) groups excluding carboxylic acids is 2. The van der Waals surface area contributed by atoms with Crippen LogP contribution in [0, 0.1) is 0 Å². The van der Waals surface area contributed by atoms with Crippen LogP contribution in [0.5, 0.6) is 0 Å². The molecule has 1 N–H and O–H groups in total. The van der Waals surface area contributed by atoms with Crippen molar-refractivity contribution in [2.75, 3.05) is 19.8 Å². The predicted molar refractivity (Wildman–Crippen MR) is 59.0 cm³/mol. The molecule has 1 aliphatic heterocycles. The lowest BCUT2D eigenvalue weighted by atomic mass is 10.1. The summed E-state index contributed by atoms with van der Waals surface area (Å²) in [5, 5.41) is 8.58. The Morgan fingerprint density at radius 3 is 2.44 bits per heavy atom. The molecule has 1 atom stereocenters. The van der Waals surface area contributed by atoms with Crippen LogP contribution in [0.25, 0.3) is 0 Å². The van der Waals surface area contributed by atoms with Gasteiger partial charge in [0, 0.05) is 0 Å². The van der Waals surface area contributed by atoms with Gasteiger partial charge in [0.25, 0.3) is 0 Å². The van der Waals surface area contributed by atoms with E-state index >= 15 is 0 Å². The van der Waals surface area contributed by atoms with E-state index in [1.165, 1.54) is 12.1 Å². The van der Waals surface area contributed by atoms with E-state index in [0.717, 1.165) is 0 Å². The first-order valence-corrected chi connectivity index (χ1v) is 5.42. The summed E-state index contributed by atoms with van der Waals surface area (Å²) in [6.07, 6.45) is -0.515. The molecule has 0 aromatic heterocycles. The van der Waals surface area contributed by atoms with Crippen molar-refractivity contribution in [2.45, 2.75) is 6.29 Å². The van der Waals surface area contributed by atoms with E-state index in [9.17, 15) is 9.59 Å².